The predicted molar refractivity (Wildman–Crippen MR) is 139 cm³/mol. The number of benzodiazepines with no additional fused rings is 1. The molecule has 0 radical (unpaired) electrons. The largest absolute Gasteiger partial charge is 0.433 e. The molecule has 5 rings (SSSR count). The van der Waals surface area contributed by atoms with E-state index in [1.807, 2.05) is 72.8 Å². The summed E-state index contributed by atoms with van der Waals surface area (Å²) in [6, 6.07) is 24.2. The summed E-state index contributed by atoms with van der Waals surface area (Å²) in [5, 5.41) is 12.8. The molecule has 2 aliphatic heterocycles. The van der Waals surface area contributed by atoms with Gasteiger partial charge in [0.15, 0.2) is 6.04 Å². The first-order valence-electron chi connectivity index (χ1n) is 12.3. The number of para-hydroxylation sites is 1. The molecule has 38 heavy (non-hydrogen) atoms. The van der Waals surface area contributed by atoms with E-state index in [2.05, 4.69) is 10.3 Å². The molecular weight excluding hydrogens is 486 g/mol. The van der Waals surface area contributed by atoms with E-state index in [4.69, 9.17) is 9.47 Å². The van der Waals surface area contributed by atoms with Crippen LogP contribution in [0.15, 0.2) is 89.9 Å². The average Bonchev–Trinajstić information content (AvgIpc) is 3.24. The van der Waals surface area contributed by atoms with Crippen LogP contribution in [0.4, 0.5) is 5.69 Å². The molecule has 2 amide bonds. The first kappa shape index (κ1) is 25.3. The Bertz CT molecular complexity index is 1340. The van der Waals surface area contributed by atoms with Gasteiger partial charge in [-0.2, -0.15) is 0 Å². The Morgan fingerprint density at radius 2 is 1.68 bits per heavy atom. The summed E-state index contributed by atoms with van der Waals surface area (Å²) in [6.07, 6.45) is -0.993. The molecule has 0 unspecified atom stereocenters. The summed E-state index contributed by atoms with van der Waals surface area (Å²) < 4.78 is 11.0. The Balaban J connectivity index is 1.35. The Hall–Kier alpha value is -4.34. The van der Waals surface area contributed by atoms with Crippen LogP contribution in [0.2, 0.25) is 0 Å². The standard InChI is InChI=1S/C29H27N3O6/c33-17-23-28(36)32(24-14-8-7-13-21(24)27(31-23)20-11-5-2-6-12-20)16-25(34)30-22-15-26(35)38-29(22)37-18-19-9-3-1-4-10-19/h1-14,22-23,29,33H,15-18H2,(H,30,34)/t22-,23+,29+/m0/s1. The summed E-state index contributed by atoms with van der Waals surface area (Å²) in [4.78, 5) is 44.5. The Kier molecular flexibility index (Phi) is 7.57. The maximum Gasteiger partial charge on any atom is 0.310 e. The second-order valence-electron chi connectivity index (χ2n) is 9.02. The van der Waals surface area contributed by atoms with E-state index in [9.17, 15) is 19.5 Å². The molecule has 1 saturated heterocycles. The van der Waals surface area contributed by atoms with Gasteiger partial charge in [-0.1, -0.05) is 78.9 Å². The van der Waals surface area contributed by atoms with Gasteiger partial charge in [0.25, 0.3) is 5.91 Å². The molecule has 194 valence electrons. The van der Waals surface area contributed by atoms with Gasteiger partial charge >= 0.3 is 5.97 Å². The van der Waals surface area contributed by atoms with Gasteiger partial charge in [0, 0.05) is 11.1 Å². The molecule has 0 bridgehead atoms. The van der Waals surface area contributed by atoms with Crippen LogP contribution in [0, 0.1) is 0 Å². The van der Waals surface area contributed by atoms with Crippen molar-refractivity contribution >= 4 is 29.2 Å². The van der Waals surface area contributed by atoms with Crippen LogP contribution in [-0.2, 0) is 30.5 Å². The van der Waals surface area contributed by atoms with Crippen LogP contribution in [0.25, 0.3) is 0 Å². The average molecular weight is 514 g/mol. The number of rotatable bonds is 8. The van der Waals surface area contributed by atoms with E-state index in [1.54, 1.807) is 12.1 Å². The van der Waals surface area contributed by atoms with Crippen molar-refractivity contribution in [3.05, 3.63) is 102 Å². The van der Waals surface area contributed by atoms with Gasteiger partial charge in [-0.25, -0.2) is 0 Å². The van der Waals surface area contributed by atoms with Gasteiger partial charge in [0.2, 0.25) is 12.2 Å². The normalized spacial score (nSPS) is 20.8. The Morgan fingerprint density at radius 3 is 2.42 bits per heavy atom. The number of cyclic esters (lactones) is 1. The highest BCUT2D eigenvalue weighted by molar-refractivity contribution is 6.20. The number of hydrogen-bond acceptors (Lipinski definition) is 7. The maximum atomic E-state index is 13.4. The van der Waals surface area contributed by atoms with Crippen LogP contribution < -0.4 is 10.2 Å². The number of ether oxygens (including phenoxy) is 2. The third-order valence-corrected chi connectivity index (χ3v) is 6.37. The number of carbonyl (C=O) groups is 3. The lowest BCUT2D eigenvalue weighted by Gasteiger charge is -2.25. The molecule has 2 N–H and O–H groups in total. The molecular formula is C29H27N3O6. The van der Waals surface area contributed by atoms with Crippen molar-refractivity contribution in [2.45, 2.75) is 31.4 Å². The maximum absolute atomic E-state index is 13.4. The summed E-state index contributed by atoms with van der Waals surface area (Å²) >= 11 is 0. The van der Waals surface area contributed by atoms with E-state index in [0.29, 0.717) is 17.0 Å². The molecule has 0 saturated carbocycles. The monoisotopic (exact) mass is 513 g/mol. The van der Waals surface area contributed by atoms with Crippen molar-refractivity contribution in [2.24, 2.45) is 4.99 Å². The fourth-order valence-electron chi connectivity index (χ4n) is 4.55. The van der Waals surface area contributed by atoms with Gasteiger partial charge in [-0.05, 0) is 11.6 Å². The van der Waals surface area contributed by atoms with E-state index < -0.39 is 42.8 Å². The first-order valence-corrected chi connectivity index (χ1v) is 12.3. The molecule has 0 spiro atoms. The second kappa shape index (κ2) is 11.4. The molecule has 9 nitrogen and oxygen atoms in total. The molecule has 2 heterocycles. The summed E-state index contributed by atoms with van der Waals surface area (Å²) in [5.74, 6) is -1.48. The van der Waals surface area contributed by atoms with Crippen molar-refractivity contribution < 1.29 is 29.0 Å². The van der Waals surface area contributed by atoms with Crippen molar-refractivity contribution in [1.29, 1.82) is 0 Å². The van der Waals surface area contributed by atoms with E-state index in [-0.39, 0.29) is 19.6 Å². The highest BCUT2D eigenvalue weighted by atomic mass is 16.7. The third kappa shape index (κ3) is 5.49. The van der Waals surface area contributed by atoms with Gasteiger partial charge in [-0.3, -0.25) is 19.4 Å². The fraction of sp³-hybridized carbons (Fsp3) is 0.241. The zero-order valence-corrected chi connectivity index (χ0v) is 20.5. The quantitative estimate of drug-likeness (QED) is 0.446. The summed E-state index contributed by atoms with van der Waals surface area (Å²) in [5.41, 5.74) is 3.41. The van der Waals surface area contributed by atoms with E-state index >= 15 is 0 Å². The van der Waals surface area contributed by atoms with Crippen LogP contribution in [0.3, 0.4) is 0 Å². The SMILES string of the molecule is O=C(CN1C(=O)[C@@H](CO)N=C(c2ccccc2)c2ccccc21)N[C@H]1CC(=O)O[C@H]1OCc1ccccc1. The van der Waals surface area contributed by atoms with Crippen LogP contribution in [0.1, 0.15) is 23.1 Å². The molecule has 0 aliphatic carbocycles. The molecule has 2 aliphatic rings. The number of benzene rings is 3. The van der Waals surface area contributed by atoms with E-state index in [1.165, 1.54) is 4.90 Å². The van der Waals surface area contributed by atoms with Crippen molar-refractivity contribution in [1.82, 2.24) is 5.32 Å². The smallest absolute Gasteiger partial charge is 0.310 e. The van der Waals surface area contributed by atoms with Gasteiger partial charge in [0.05, 0.1) is 31.0 Å². The zero-order chi connectivity index (χ0) is 26.5. The number of aliphatic imine (C=N–C) groups is 1. The van der Waals surface area contributed by atoms with Crippen molar-refractivity contribution in [3.63, 3.8) is 0 Å². The van der Waals surface area contributed by atoms with Crippen LogP contribution >= 0.6 is 0 Å². The lowest BCUT2D eigenvalue weighted by Crippen LogP contribution is -2.49. The first-order chi connectivity index (χ1) is 18.5. The van der Waals surface area contributed by atoms with Crippen molar-refractivity contribution in [2.75, 3.05) is 18.1 Å². The third-order valence-electron chi connectivity index (χ3n) is 6.37. The number of nitrogens with zero attached hydrogens (tertiary/aromatic N) is 2. The number of carbonyl (C=O) groups excluding carboxylic acids is 3. The Morgan fingerprint density at radius 1 is 1.00 bits per heavy atom. The molecule has 3 atom stereocenters. The minimum Gasteiger partial charge on any atom is -0.433 e. The number of anilines is 1. The lowest BCUT2D eigenvalue weighted by atomic mass is 10.0. The minimum absolute atomic E-state index is 0.0454. The highest BCUT2D eigenvalue weighted by Crippen LogP contribution is 2.28. The molecule has 0 aromatic heterocycles. The van der Waals surface area contributed by atoms with Gasteiger partial charge in [-0.15, -0.1) is 0 Å². The topological polar surface area (TPSA) is 118 Å². The number of fused-ring (bicyclic) bond motifs is 1. The molecule has 9 heteroatoms. The van der Waals surface area contributed by atoms with Gasteiger partial charge < -0.3 is 24.8 Å². The number of hydrogen-bond donors (Lipinski definition) is 2. The highest BCUT2D eigenvalue weighted by Gasteiger charge is 2.38. The molecule has 3 aromatic rings. The molecule has 3 aromatic carbocycles. The number of aliphatic hydroxyl groups excluding tert-OH is 1. The number of aliphatic hydroxyl groups is 1. The number of esters is 1. The van der Waals surface area contributed by atoms with Crippen LogP contribution in [0.5, 0.6) is 0 Å². The lowest BCUT2D eigenvalue weighted by molar-refractivity contribution is -0.168. The minimum atomic E-state index is -1.08. The fourth-order valence-corrected chi connectivity index (χ4v) is 4.55. The summed E-state index contributed by atoms with van der Waals surface area (Å²) in [6.45, 7) is -0.636. The number of amides is 2. The van der Waals surface area contributed by atoms with Crippen LogP contribution in [-0.4, -0.2) is 60.1 Å². The Labute approximate surface area is 219 Å². The number of nitrogens with one attached hydrogen (secondary N) is 1. The summed E-state index contributed by atoms with van der Waals surface area (Å²) in [7, 11) is 0. The predicted octanol–water partition coefficient (Wildman–Crippen LogP) is 2.21. The molecule has 1 fully saturated rings. The van der Waals surface area contributed by atoms with Gasteiger partial charge in [0.1, 0.15) is 12.6 Å². The van der Waals surface area contributed by atoms with E-state index in [0.717, 1.165) is 11.1 Å². The van der Waals surface area contributed by atoms with Crippen molar-refractivity contribution in [3.8, 4) is 0 Å². The second-order valence-corrected chi connectivity index (χ2v) is 9.02. The zero-order valence-electron chi connectivity index (χ0n) is 20.5.